The number of nitro groups is 1. The van der Waals surface area contributed by atoms with Gasteiger partial charge in [-0.2, -0.15) is 0 Å². The molecule has 0 bridgehead atoms. The van der Waals surface area contributed by atoms with Crippen molar-refractivity contribution < 1.29 is 18.8 Å². The molecule has 126 valence electrons. The molecular weight excluding hydrogens is 315 g/mol. The highest BCUT2D eigenvalue weighted by molar-refractivity contribution is 5.96. The Hall–Kier alpha value is -2.96. The van der Waals surface area contributed by atoms with Gasteiger partial charge in [0.05, 0.1) is 18.1 Å². The molecule has 1 unspecified atom stereocenters. The quantitative estimate of drug-likeness (QED) is 0.671. The topological polar surface area (TPSA) is 81.5 Å². The molecule has 2 rings (SSSR count). The number of nitro benzene ring substituents is 1. The number of carbonyl (C=O) groups excluding carboxylic acids is 1. The fourth-order valence-corrected chi connectivity index (χ4v) is 2.38. The number of hydrogen-bond donors (Lipinski definition) is 1. The predicted molar refractivity (Wildman–Crippen MR) is 86.7 cm³/mol. The van der Waals surface area contributed by atoms with E-state index >= 15 is 0 Å². The number of rotatable bonds is 5. The van der Waals surface area contributed by atoms with Crippen LogP contribution in [0.2, 0.25) is 0 Å². The molecule has 2 aromatic rings. The summed E-state index contributed by atoms with van der Waals surface area (Å²) in [5.41, 5.74) is 0.939. The minimum absolute atomic E-state index is 0.117. The van der Waals surface area contributed by atoms with E-state index in [0.29, 0.717) is 5.56 Å². The van der Waals surface area contributed by atoms with Crippen molar-refractivity contribution in [2.45, 2.75) is 19.9 Å². The van der Waals surface area contributed by atoms with Crippen molar-refractivity contribution in [3.63, 3.8) is 0 Å². The molecule has 0 aromatic heterocycles. The van der Waals surface area contributed by atoms with E-state index in [1.165, 1.54) is 44.4 Å². The van der Waals surface area contributed by atoms with Crippen LogP contribution in [0.25, 0.3) is 0 Å². The summed E-state index contributed by atoms with van der Waals surface area (Å²) in [4.78, 5) is 22.8. The lowest BCUT2D eigenvalue weighted by molar-refractivity contribution is -0.385. The second kappa shape index (κ2) is 7.08. The summed E-state index contributed by atoms with van der Waals surface area (Å²) in [7, 11) is 1.37. The molecule has 0 saturated heterocycles. The highest BCUT2D eigenvalue weighted by Gasteiger charge is 2.20. The van der Waals surface area contributed by atoms with Crippen molar-refractivity contribution >= 4 is 11.6 Å². The van der Waals surface area contributed by atoms with Gasteiger partial charge >= 0.3 is 0 Å². The first-order chi connectivity index (χ1) is 11.3. The lowest BCUT2D eigenvalue weighted by Crippen LogP contribution is -2.27. The minimum atomic E-state index is -0.533. The SMILES string of the molecule is COc1ccc(C(C)NC(=O)c2cccc([N+](=O)[O-])c2C)cc1F. The molecule has 1 amide bonds. The fourth-order valence-electron chi connectivity index (χ4n) is 2.38. The Labute approximate surface area is 138 Å². The molecule has 24 heavy (non-hydrogen) atoms. The van der Waals surface area contributed by atoms with Gasteiger partial charge in [0.2, 0.25) is 0 Å². The van der Waals surface area contributed by atoms with Crippen LogP contribution in [0.3, 0.4) is 0 Å². The van der Waals surface area contributed by atoms with E-state index in [1.54, 1.807) is 13.0 Å². The van der Waals surface area contributed by atoms with Gasteiger partial charge in [-0.15, -0.1) is 0 Å². The molecule has 1 N–H and O–H groups in total. The molecule has 0 heterocycles. The predicted octanol–water partition coefficient (Wildman–Crippen LogP) is 3.54. The third-order valence-electron chi connectivity index (χ3n) is 3.77. The zero-order valence-electron chi connectivity index (χ0n) is 13.5. The number of halogens is 1. The number of carbonyl (C=O) groups is 1. The lowest BCUT2D eigenvalue weighted by atomic mass is 10.0. The Bertz CT molecular complexity index is 792. The third-order valence-corrected chi connectivity index (χ3v) is 3.77. The Kier molecular flexibility index (Phi) is 5.13. The van der Waals surface area contributed by atoms with Crippen LogP contribution >= 0.6 is 0 Å². The molecule has 0 aliphatic carbocycles. The van der Waals surface area contributed by atoms with Crippen LogP contribution in [0.1, 0.15) is 34.5 Å². The normalized spacial score (nSPS) is 11.7. The molecule has 7 heteroatoms. The van der Waals surface area contributed by atoms with Gasteiger partial charge in [-0.3, -0.25) is 14.9 Å². The summed E-state index contributed by atoms with van der Waals surface area (Å²) >= 11 is 0. The number of ether oxygens (including phenoxy) is 1. The average molecular weight is 332 g/mol. The fraction of sp³-hybridized carbons (Fsp3) is 0.235. The standard InChI is InChI=1S/C17H17FN2O4/c1-10-13(5-4-6-15(10)20(22)23)17(21)19-11(2)12-7-8-16(24-3)14(18)9-12/h4-9,11H,1-3H3,(H,19,21). The first kappa shape index (κ1) is 17.4. The van der Waals surface area contributed by atoms with Crippen LogP contribution < -0.4 is 10.1 Å². The van der Waals surface area contributed by atoms with Gasteiger partial charge < -0.3 is 10.1 Å². The molecule has 0 aliphatic rings. The van der Waals surface area contributed by atoms with E-state index < -0.39 is 22.7 Å². The number of nitrogens with one attached hydrogen (secondary N) is 1. The van der Waals surface area contributed by atoms with E-state index in [-0.39, 0.29) is 22.6 Å². The van der Waals surface area contributed by atoms with Crippen LogP contribution in [-0.2, 0) is 0 Å². The van der Waals surface area contributed by atoms with Crippen molar-refractivity contribution in [2.24, 2.45) is 0 Å². The average Bonchev–Trinajstić information content (AvgIpc) is 2.54. The number of nitrogens with zero attached hydrogens (tertiary/aromatic N) is 1. The number of amides is 1. The summed E-state index contributed by atoms with van der Waals surface area (Å²) in [6, 6.07) is 8.24. The molecule has 2 aromatic carbocycles. The summed E-state index contributed by atoms with van der Waals surface area (Å²) < 4.78 is 18.6. The second-order valence-corrected chi connectivity index (χ2v) is 5.30. The number of hydrogen-bond acceptors (Lipinski definition) is 4. The van der Waals surface area contributed by atoms with E-state index in [9.17, 15) is 19.3 Å². The largest absolute Gasteiger partial charge is 0.494 e. The van der Waals surface area contributed by atoms with Crippen molar-refractivity contribution in [3.8, 4) is 5.75 Å². The van der Waals surface area contributed by atoms with Crippen LogP contribution in [0.5, 0.6) is 5.75 Å². The molecule has 6 nitrogen and oxygen atoms in total. The van der Waals surface area contributed by atoms with Crippen LogP contribution in [-0.4, -0.2) is 17.9 Å². The number of methoxy groups -OCH3 is 1. The van der Waals surface area contributed by atoms with Gasteiger partial charge in [0.25, 0.3) is 11.6 Å². The molecule has 1 atom stereocenters. The monoisotopic (exact) mass is 332 g/mol. The van der Waals surface area contributed by atoms with Gasteiger partial charge in [0.1, 0.15) is 0 Å². The van der Waals surface area contributed by atoms with Gasteiger partial charge in [-0.25, -0.2) is 4.39 Å². The maximum absolute atomic E-state index is 13.8. The Balaban J connectivity index is 2.22. The summed E-state index contributed by atoms with van der Waals surface area (Å²) in [5.74, 6) is -0.866. The first-order valence-electron chi connectivity index (χ1n) is 7.23. The van der Waals surface area contributed by atoms with Gasteiger partial charge in [-0.1, -0.05) is 12.1 Å². The number of benzene rings is 2. The molecule has 0 aliphatic heterocycles. The van der Waals surface area contributed by atoms with Crippen LogP contribution in [0.4, 0.5) is 10.1 Å². The third kappa shape index (κ3) is 3.51. The van der Waals surface area contributed by atoms with Crippen molar-refractivity contribution in [3.05, 3.63) is 69.0 Å². The van der Waals surface area contributed by atoms with E-state index in [1.807, 2.05) is 0 Å². The smallest absolute Gasteiger partial charge is 0.273 e. The second-order valence-electron chi connectivity index (χ2n) is 5.30. The van der Waals surface area contributed by atoms with Crippen molar-refractivity contribution in [1.29, 1.82) is 0 Å². The van der Waals surface area contributed by atoms with Gasteiger partial charge in [0, 0.05) is 17.2 Å². The van der Waals surface area contributed by atoms with E-state index in [0.717, 1.165) is 0 Å². The van der Waals surface area contributed by atoms with Gasteiger partial charge in [-0.05, 0) is 37.6 Å². The van der Waals surface area contributed by atoms with Crippen LogP contribution in [0.15, 0.2) is 36.4 Å². The molecule has 0 fully saturated rings. The Morgan fingerprint density at radius 1 is 1.33 bits per heavy atom. The highest BCUT2D eigenvalue weighted by Crippen LogP contribution is 2.24. The highest BCUT2D eigenvalue weighted by atomic mass is 19.1. The first-order valence-corrected chi connectivity index (χ1v) is 7.23. The van der Waals surface area contributed by atoms with Crippen LogP contribution in [0, 0.1) is 22.9 Å². The lowest BCUT2D eigenvalue weighted by Gasteiger charge is -2.16. The summed E-state index contributed by atoms with van der Waals surface area (Å²) in [6.45, 7) is 3.22. The summed E-state index contributed by atoms with van der Waals surface area (Å²) in [5, 5.41) is 13.7. The zero-order chi connectivity index (χ0) is 17.9. The zero-order valence-corrected chi connectivity index (χ0v) is 13.5. The van der Waals surface area contributed by atoms with Crippen molar-refractivity contribution in [1.82, 2.24) is 5.32 Å². The van der Waals surface area contributed by atoms with E-state index in [2.05, 4.69) is 5.32 Å². The maximum Gasteiger partial charge on any atom is 0.273 e. The van der Waals surface area contributed by atoms with E-state index in [4.69, 9.17) is 4.74 Å². The molecule has 0 saturated carbocycles. The van der Waals surface area contributed by atoms with Crippen molar-refractivity contribution in [2.75, 3.05) is 7.11 Å². The minimum Gasteiger partial charge on any atom is -0.494 e. The summed E-state index contributed by atoms with van der Waals surface area (Å²) in [6.07, 6.45) is 0. The molecule has 0 spiro atoms. The Morgan fingerprint density at radius 3 is 2.62 bits per heavy atom. The Morgan fingerprint density at radius 2 is 2.04 bits per heavy atom. The molecular formula is C17H17FN2O4. The maximum atomic E-state index is 13.8. The molecule has 0 radical (unpaired) electrons. The van der Waals surface area contributed by atoms with Gasteiger partial charge in [0.15, 0.2) is 11.6 Å².